The Morgan fingerprint density at radius 1 is 1.00 bits per heavy atom. The molecule has 2 aromatic carbocycles. The van der Waals surface area contributed by atoms with Crippen molar-refractivity contribution in [3.63, 3.8) is 0 Å². The average molecular weight is 483 g/mol. The third kappa shape index (κ3) is 4.14. The molecule has 0 N–H and O–H groups in total. The van der Waals surface area contributed by atoms with Crippen LogP contribution in [0.1, 0.15) is 11.3 Å². The number of nitrogens with zero attached hydrogens (tertiary/aromatic N) is 1. The SMILES string of the molecule is O=C1S/C(=C\c2ccc(-c3ccc(Cl)c(Cl)c3)o2)C(=O)N1Cc1c(F)cccc1Cl. The normalized spacial score (nSPS) is 15.5. The molecule has 30 heavy (non-hydrogen) atoms. The zero-order valence-electron chi connectivity index (χ0n) is 15.0. The Hall–Kier alpha value is -2.25. The quantitative estimate of drug-likeness (QED) is 0.367. The zero-order valence-corrected chi connectivity index (χ0v) is 18.1. The highest BCUT2D eigenvalue weighted by molar-refractivity contribution is 8.18. The first-order valence-corrected chi connectivity index (χ1v) is 10.5. The fourth-order valence-corrected chi connectivity index (χ4v) is 4.18. The molecule has 9 heteroatoms. The van der Waals surface area contributed by atoms with Crippen LogP contribution in [0, 0.1) is 5.82 Å². The monoisotopic (exact) mass is 481 g/mol. The molecule has 0 radical (unpaired) electrons. The lowest BCUT2D eigenvalue weighted by Gasteiger charge is -2.14. The lowest BCUT2D eigenvalue weighted by atomic mass is 10.2. The van der Waals surface area contributed by atoms with Gasteiger partial charge in [0.05, 0.1) is 21.5 Å². The average Bonchev–Trinajstić information content (AvgIpc) is 3.27. The molecule has 0 unspecified atom stereocenters. The first kappa shape index (κ1) is 21.0. The molecule has 4 nitrogen and oxygen atoms in total. The first-order chi connectivity index (χ1) is 14.3. The van der Waals surface area contributed by atoms with Gasteiger partial charge < -0.3 is 4.42 Å². The molecule has 1 aliphatic rings. The summed E-state index contributed by atoms with van der Waals surface area (Å²) in [6.45, 7) is -0.250. The summed E-state index contributed by atoms with van der Waals surface area (Å²) in [6, 6.07) is 12.6. The summed E-state index contributed by atoms with van der Waals surface area (Å²) in [4.78, 5) is 26.1. The molecule has 3 aromatic rings. The summed E-state index contributed by atoms with van der Waals surface area (Å²) in [5.74, 6) is -0.220. The topological polar surface area (TPSA) is 50.5 Å². The minimum absolute atomic E-state index is 0.0858. The highest BCUT2D eigenvalue weighted by Gasteiger charge is 2.36. The van der Waals surface area contributed by atoms with Crippen LogP contribution in [-0.2, 0) is 11.3 Å². The Morgan fingerprint density at radius 2 is 1.80 bits per heavy atom. The van der Waals surface area contributed by atoms with Gasteiger partial charge in [-0.15, -0.1) is 0 Å². The predicted molar refractivity (Wildman–Crippen MR) is 117 cm³/mol. The van der Waals surface area contributed by atoms with Gasteiger partial charge in [-0.05, 0) is 54.2 Å². The van der Waals surface area contributed by atoms with Crippen LogP contribution < -0.4 is 0 Å². The van der Waals surface area contributed by atoms with Gasteiger partial charge in [-0.1, -0.05) is 40.9 Å². The van der Waals surface area contributed by atoms with Crippen molar-refractivity contribution >= 4 is 63.8 Å². The van der Waals surface area contributed by atoms with Gasteiger partial charge >= 0.3 is 0 Å². The van der Waals surface area contributed by atoms with Gasteiger partial charge in [0.25, 0.3) is 11.1 Å². The number of thioether (sulfide) groups is 1. The van der Waals surface area contributed by atoms with E-state index >= 15 is 0 Å². The van der Waals surface area contributed by atoms with Crippen LogP contribution in [0.4, 0.5) is 9.18 Å². The molecule has 152 valence electrons. The lowest BCUT2D eigenvalue weighted by molar-refractivity contribution is -0.123. The van der Waals surface area contributed by atoms with Crippen LogP contribution in [0.15, 0.2) is 57.9 Å². The number of imide groups is 1. The molecule has 1 aromatic heterocycles. The number of hydrogen-bond donors (Lipinski definition) is 0. The standard InChI is InChI=1S/C21H11Cl3FNO3S/c22-14-2-1-3-17(25)13(14)10-26-20(27)19(30-21(26)28)9-12-5-7-18(29-12)11-4-6-15(23)16(24)8-11/h1-9H,10H2/b19-9-. The van der Waals surface area contributed by atoms with E-state index in [9.17, 15) is 14.0 Å². The number of carbonyl (C=O) groups is 2. The van der Waals surface area contributed by atoms with E-state index in [-0.39, 0.29) is 22.0 Å². The summed E-state index contributed by atoms with van der Waals surface area (Å²) in [7, 11) is 0. The van der Waals surface area contributed by atoms with Crippen LogP contribution >= 0.6 is 46.6 Å². The van der Waals surface area contributed by atoms with Crippen molar-refractivity contribution in [2.45, 2.75) is 6.54 Å². The van der Waals surface area contributed by atoms with Gasteiger partial charge in [0.2, 0.25) is 0 Å². The molecule has 1 aliphatic heterocycles. The molecule has 4 rings (SSSR count). The van der Waals surface area contributed by atoms with Gasteiger partial charge in [-0.3, -0.25) is 14.5 Å². The van der Waals surface area contributed by atoms with E-state index in [1.807, 2.05) is 0 Å². The van der Waals surface area contributed by atoms with Crippen LogP contribution in [0.2, 0.25) is 15.1 Å². The van der Waals surface area contributed by atoms with Crippen molar-refractivity contribution < 1.29 is 18.4 Å². The minimum Gasteiger partial charge on any atom is -0.457 e. The second-order valence-electron chi connectivity index (χ2n) is 6.30. The summed E-state index contributed by atoms with van der Waals surface area (Å²) in [5.41, 5.74) is 0.800. The van der Waals surface area contributed by atoms with E-state index in [1.54, 1.807) is 30.3 Å². The van der Waals surface area contributed by atoms with E-state index in [1.165, 1.54) is 24.3 Å². The summed E-state index contributed by atoms with van der Waals surface area (Å²) in [6.07, 6.45) is 1.47. The van der Waals surface area contributed by atoms with Crippen LogP contribution in [-0.4, -0.2) is 16.0 Å². The number of amides is 2. The van der Waals surface area contributed by atoms with Crippen molar-refractivity contribution in [2.24, 2.45) is 0 Å². The molecule has 1 saturated heterocycles. The fraction of sp³-hybridized carbons (Fsp3) is 0.0476. The molecular weight excluding hydrogens is 472 g/mol. The number of benzene rings is 2. The number of halogens is 4. The zero-order chi connectivity index (χ0) is 21.4. The van der Waals surface area contributed by atoms with Crippen molar-refractivity contribution in [3.8, 4) is 11.3 Å². The maximum atomic E-state index is 14.0. The maximum Gasteiger partial charge on any atom is 0.293 e. The molecule has 0 bridgehead atoms. The Balaban J connectivity index is 1.57. The molecule has 0 atom stereocenters. The Labute approximate surface area is 190 Å². The Morgan fingerprint density at radius 3 is 2.53 bits per heavy atom. The van der Waals surface area contributed by atoms with Gasteiger partial charge in [0.15, 0.2) is 0 Å². The van der Waals surface area contributed by atoms with E-state index in [4.69, 9.17) is 39.2 Å². The molecule has 0 saturated carbocycles. The number of furan rings is 1. The first-order valence-electron chi connectivity index (χ1n) is 8.57. The molecular formula is C21H11Cl3FNO3S. The van der Waals surface area contributed by atoms with E-state index < -0.39 is 17.0 Å². The second-order valence-corrected chi connectivity index (χ2v) is 8.51. The molecule has 0 aliphatic carbocycles. The molecule has 2 heterocycles. The lowest BCUT2D eigenvalue weighted by Crippen LogP contribution is -2.28. The molecule has 0 spiro atoms. The summed E-state index contributed by atoms with van der Waals surface area (Å²) < 4.78 is 19.8. The highest BCUT2D eigenvalue weighted by atomic mass is 35.5. The Bertz CT molecular complexity index is 1190. The number of hydrogen-bond acceptors (Lipinski definition) is 4. The number of carbonyl (C=O) groups excluding carboxylic acids is 2. The van der Waals surface area contributed by atoms with Gasteiger partial charge in [0, 0.05) is 22.2 Å². The van der Waals surface area contributed by atoms with Crippen LogP contribution in [0.5, 0.6) is 0 Å². The third-order valence-corrected chi connectivity index (χ3v) is 6.36. The van der Waals surface area contributed by atoms with Gasteiger partial charge in [0.1, 0.15) is 17.3 Å². The maximum absolute atomic E-state index is 14.0. The van der Waals surface area contributed by atoms with Crippen LogP contribution in [0.25, 0.3) is 17.4 Å². The van der Waals surface area contributed by atoms with E-state index in [0.29, 0.717) is 27.1 Å². The van der Waals surface area contributed by atoms with Gasteiger partial charge in [-0.2, -0.15) is 0 Å². The minimum atomic E-state index is -0.581. The molecule has 1 fully saturated rings. The second kappa shape index (κ2) is 8.47. The summed E-state index contributed by atoms with van der Waals surface area (Å²) >= 11 is 18.7. The number of rotatable bonds is 4. The van der Waals surface area contributed by atoms with Crippen molar-refractivity contribution in [3.05, 3.63) is 85.6 Å². The molecule has 2 amide bonds. The highest BCUT2D eigenvalue weighted by Crippen LogP contribution is 2.36. The van der Waals surface area contributed by atoms with Crippen molar-refractivity contribution in [1.82, 2.24) is 4.90 Å². The van der Waals surface area contributed by atoms with Crippen LogP contribution in [0.3, 0.4) is 0 Å². The predicted octanol–water partition coefficient (Wildman–Crippen LogP) is 7.28. The Kier molecular flexibility index (Phi) is 5.93. The van der Waals surface area contributed by atoms with Crippen molar-refractivity contribution in [2.75, 3.05) is 0 Å². The van der Waals surface area contributed by atoms with E-state index in [0.717, 1.165) is 16.7 Å². The smallest absolute Gasteiger partial charge is 0.293 e. The van der Waals surface area contributed by atoms with Gasteiger partial charge in [-0.25, -0.2) is 4.39 Å². The fourth-order valence-electron chi connectivity index (χ4n) is 2.84. The summed E-state index contributed by atoms with van der Waals surface area (Å²) in [5, 5.41) is 0.452. The third-order valence-electron chi connectivity index (χ3n) is 4.36. The largest absolute Gasteiger partial charge is 0.457 e. The van der Waals surface area contributed by atoms with E-state index in [2.05, 4.69) is 0 Å². The van der Waals surface area contributed by atoms with Crippen molar-refractivity contribution in [1.29, 1.82) is 0 Å².